The van der Waals surface area contributed by atoms with E-state index in [2.05, 4.69) is 10.3 Å². The van der Waals surface area contributed by atoms with E-state index in [4.69, 9.17) is 9.47 Å². The van der Waals surface area contributed by atoms with Crippen LogP contribution in [0.15, 0.2) is 65.5 Å². The molecule has 7 nitrogen and oxygen atoms in total. The number of aromatic amines is 1. The number of carbonyl (C=O) groups is 1. The Bertz CT molecular complexity index is 1500. The summed E-state index contributed by atoms with van der Waals surface area (Å²) in [5.41, 5.74) is 3.98. The molecule has 0 saturated heterocycles. The Kier molecular flexibility index (Phi) is 7.77. The lowest BCUT2D eigenvalue weighted by Crippen LogP contribution is -2.37. The fourth-order valence-corrected chi connectivity index (χ4v) is 4.35. The molecule has 8 heteroatoms. The minimum Gasteiger partial charge on any atom is -0.493 e. The number of methoxy groups -OCH3 is 2. The third kappa shape index (κ3) is 5.91. The number of nitrogens with zero attached hydrogens (tertiary/aromatic N) is 1. The summed E-state index contributed by atoms with van der Waals surface area (Å²) in [6.45, 7) is 4.28. The van der Waals surface area contributed by atoms with Crippen LogP contribution in [0.5, 0.6) is 11.5 Å². The summed E-state index contributed by atoms with van der Waals surface area (Å²) in [4.78, 5) is 30.7. The molecule has 1 aromatic heterocycles. The Morgan fingerprint density at radius 2 is 1.76 bits per heavy atom. The predicted octanol–water partition coefficient (Wildman–Crippen LogP) is 5.58. The first-order valence-electron chi connectivity index (χ1n) is 11.9. The molecule has 0 aliphatic carbocycles. The summed E-state index contributed by atoms with van der Waals surface area (Å²) < 4.78 is 24.9. The van der Waals surface area contributed by atoms with Crippen LogP contribution in [0.3, 0.4) is 0 Å². The average molecular weight is 504 g/mol. The number of aromatic nitrogens is 1. The van der Waals surface area contributed by atoms with E-state index in [1.807, 2.05) is 44.2 Å². The molecule has 2 amide bonds. The number of pyridine rings is 1. The molecule has 0 bridgehead atoms. The van der Waals surface area contributed by atoms with Gasteiger partial charge in [-0.1, -0.05) is 24.3 Å². The number of ether oxygens (including phenoxy) is 2. The average Bonchev–Trinajstić information content (AvgIpc) is 2.88. The van der Waals surface area contributed by atoms with E-state index in [1.165, 1.54) is 17.0 Å². The van der Waals surface area contributed by atoms with Crippen LogP contribution in [0.25, 0.3) is 10.9 Å². The van der Waals surface area contributed by atoms with Crippen LogP contribution in [0.2, 0.25) is 0 Å². The van der Waals surface area contributed by atoms with Crippen molar-refractivity contribution >= 4 is 22.6 Å². The SMILES string of the molecule is COc1ccc(CCN(Cc2cc3c(C)cc(C)cc3[nH]c2=O)C(=O)Nc2ccccc2F)cc1OC. The number of hydrogen-bond acceptors (Lipinski definition) is 4. The second-order valence-electron chi connectivity index (χ2n) is 8.94. The lowest BCUT2D eigenvalue weighted by molar-refractivity contribution is 0.209. The van der Waals surface area contributed by atoms with Crippen molar-refractivity contribution in [3.8, 4) is 11.5 Å². The number of nitrogens with one attached hydrogen (secondary N) is 2. The molecule has 192 valence electrons. The number of H-pyrrole nitrogens is 1. The maximum absolute atomic E-state index is 14.2. The van der Waals surface area contributed by atoms with E-state index in [0.29, 0.717) is 23.5 Å². The Labute approximate surface area is 214 Å². The third-order valence-electron chi connectivity index (χ3n) is 6.27. The van der Waals surface area contributed by atoms with E-state index in [9.17, 15) is 14.0 Å². The number of aryl methyl sites for hydroxylation is 2. The lowest BCUT2D eigenvalue weighted by Gasteiger charge is -2.24. The van der Waals surface area contributed by atoms with Crippen molar-refractivity contribution in [2.24, 2.45) is 0 Å². The fourth-order valence-electron chi connectivity index (χ4n) is 4.35. The number of fused-ring (bicyclic) bond motifs is 1. The van der Waals surface area contributed by atoms with Gasteiger partial charge in [0.05, 0.1) is 26.5 Å². The highest BCUT2D eigenvalue weighted by Gasteiger charge is 2.19. The van der Waals surface area contributed by atoms with Gasteiger partial charge in [-0.05, 0) is 73.4 Å². The number of carbonyl (C=O) groups excluding carboxylic acids is 1. The number of amides is 2. The van der Waals surface area contributed by atoms with Crippen molar-refractivity contribution in [2.45, 2.75) is 26.8 Å². The maximum atomic E-state index is 14.2. The van der Waals surface area contributed by atoms with Crippen LogP contribution in [0.1, 0.15) is 22.3 Å². The molecule has 2 N–H and O–H groups in total. The topological polar surface area (TPSA) is 83.7 Å². The largest absolute Gasteiger partial charge is 0.493 e. The van der Waals surface area contributed by atoms with Crippen LogP contribution in [0.4, 0.5) is 14.9 Å². The molecule has 0 saturated carbocycles. The van der Waals surface area contributed by atoms with Gasteiger partial charge in [0.1, 0.15) is 5.82 Å². The summed E-state index contributed by atoms with van der Waals surface area (Å²) in [6.07, 6.45) is 0.481. The minimum atomic E-state index is -0.537. The summed E-state index contributed by atoms with van der Waals surface area (Å²) >= 11 is 0. The summed E-state index contributed by atoms with van der Waals surface area (Å²) in [5.74, 6) is 0.651. The highest BCUT2D eigenvalue weighted by molar-refractivity contribution is 5.89. The molecule has 3 aromatic carbocycles. The van der Waals surface area contributed by atoms with Crippen molar-refractivity contribution in [1.29, 1.82) is 0 Å². The van der Waals surface area contributed by atoms with Gasteiger partial charge in [-0.15, -0.1) is 0 Å². The molecule has 4 aromatic rings. The van der Waals surface area contributed by atoms with Crippen LogP contribution in [-0.4, -0.2) is 36.7 Å². The van der Waals surface area contributed by atoms with Gasteiger partial charge in [0.25, 0.3) is 5.56 Å². The molecular formula is C29H30FN3O4. The van der Waals surface area contributed by atoms with Gasteiger partial charge in [0, 0.05) is 23.0 Å². The Hall–Kier alpha value is -4.33. The first-order valence-corrected chi connectivity index (χ1v) is 11.9. The first kappa shape index (κ1) is 25.8. The van der Waals surface area contributed by atoms with Crippen molar-refractivity contribution in [2.75, 3.05) is 26.1 Å². The van der Waals surface area contributed by atoms with Gasteiger partial charge < -0.3 is 24.7 Å². The summed E-state index contributed by atoms with van der Waals surface area (Å²) in [6, 6.07) is 16.8. The van der Waals surface area contributed by atoms with Gasteiger partial charge in [-0.25, -0.2) is 9.18 Å². The van der Waals surface area contributed by atoms with E-state index in [0.717, 1.165) is 27.6 Å². The zero-order chi connectivity index (χ0) is 26.5. The van der Waals surface area contributed by atoms with E-state index < -0.39 is 11.8 Å². The van der Waals surface area contributed by atoms with Gasteiger partial charge in [0.2, 0.25) is 0 Å². The standard InChI is InChI=1S/C29H30FN3O4/c1-18-13-19(2)22-16-21(28(34)31-25(22)14-18)17-33(29(35)32-24-8-6-5-7-23(24)30)12-11-20-9-10-26(36-3)27(15-20)37-4/h5-10,13-16H,11-12,17H2,1-4H3,(H,31,34)(H,32,35). The lowest BCUT2D eigenvalue weighted by atomic mass is 10.0. The molecular weight excluding hydrogens is 473 g/mol. The maximum Gasteiger partial charge on any atom is 0.322 e. The van der Waals surface area contributed by atoms with Gasteiger partial charge in [-0.2, -0.15) is 0 Å². The van der Waals surface area contributed by atoms with Crippen molar-refractivity contribution in [1.82, 2.24) is 9.88 Å². The summed E-state index contributed by atoms with van der Waals surface area (Å²) in [5, 5.41) is 3.55. The monoisotopic (exact) mass is 503 g/mol. The quantitative estimate of drug-likeness (QED) is 0.329. The van der Waals surface area contributed by atoms with E-state index in [1.54, 1.807) is 32.4 Å². The number of para-hydroxylation sites is 1. The van der Waals surface area contributed by atoms with Crippen molar-refractivity contribution in [3.05, 3.63) is 99.1 Å². The number of hydrogen-bond donors (Lipinski definition) is 2. The highest BCUT2D eigenvalue weighted by Crippen LogP contribution is 2.28. The Balaban J connectivity index is 1.64. The molecule has 4 rings (SSSR count). The van der Waals surface area contributed by atoms with E-state index in [-0.39, 0.29) is 24.3 Å². The molecule has 0 aliphatic rings. The van der Waals surface area contributed by atoms with Crippen LogP contribution >= 0.6 is 0 Å². The Morgan fingerprint density at radius 1 is 1.00 bits per heavy atom. The molecule has 1 heterocycles. The minimum absolute atomic E-state index is 0.0478. The molecule has 0 unspecified atom stereocenters. The van der Waals surface area contributed by atoms with Gasteiger partial charge >= 0.3 is 6.03 Å². The third-order valence-corrected chi connectivity index (χ3v) is 6.27. The molecule has 0 spiro atoms. The molecule has 0 fully saturated rings. The van der Waals surface area contributed by atoms with E-state index >= 15 is 0 Å². The first-order chi connectivity index (χ1) is 17.8. The molecule has 0 aliphatic heterocycles. The van der Waals surface area contributed by atoms with Crippen molar-refractivity contribution < 1.29 is 18.7 Å². The zero-order valence-electron chi connectivity index (χ0n) is 21.4. The number of halogens is 1. The summed E-state index contributed by atoms with van der Waals surface area (Å²) in [7, 11) is 3.13. The van der Waals surface area contributed by atoms with Gasteiger partial charge in [0.15, 0.2) is 11.5 Å². The zero-order valence-corrected chi connectivity index (χ0v) is 21.4. The molecule has 0 atom stereocenters. The fraction of sp³-hybridized carbons (Fsp3) is 0.241. The number of urea groups is 1. The number of rotatable bonds is 8. The van der Waals surface area contributed by atoms with Crippen LogP contribution in [0, 0.1) is 19.7 Å². The number of anilines is 1. The molecule has 37 heavy (non-hydrogen) atoms. The van der Waals surface area contributed by atoms with Crippen LogP contribution in [-0.2, 0) is 13.0 Å². The van der Waals surface area contributed by atoms with Gasteiger partial charge in [-0.3, -0.25) is 4.79 Å². The highest BCUT2D eigenvalue weighted by atomic mass is 19.1. The second kappa shape index (κ2) is 11.2. The predicted molar refractivity (Wildman–Crippen MR) is 143 cm³/mol. The number of benzene rings is 3. The van der Waals surface area contributed by atoms with Crippen molar-refractivity contribution in [3.63, 3.8) is 0 Å². The van der Waals surface area contributed by atoms with Crippen LogP contribution < -0.4 is 20.3 Å². The second-order valence-corrected chi connectivity index (χ2v) is 8.94. The Morgan fingerprint density at radius 3 is 2.49 bits per heavy atom. The molecule has 0 radical (unpaired) electrons. The smallest absolute Gasteiger partial charge is 0.322 e. The normalized spacial score (nSPS) is 10.8.